The number of rotatable bonds is 3. The van der Waals surface area contributed by atoms with Crippen molar-refractivity contribution in [3.05, 3.63) is 35.9 Å². The van der Waals surface area contributed by atoms with E-state index >= 15 is 0 Å². The Morgan fingerprint density at radius 2 is 1.87 bits per heavy atom. The lowest BCUT2D eigenvalue weighted by molar-refractivity contribution is -0.261. The van der Waals surface area contributed by atoms with E-state index in [1.54, 1.807) is 0 Å². The zero-order valence-electron chi connectivity index (χ0n) is 14.6. The molecule has 2 aliphatic rings. The van der Waals surface area contributed by atoms with Crippen LogP contribution in [0.15, 0.2) is 35.3 Å². The monoisotopic (exact) mass is 315 g/mol. The van der Waals surface area contributed by atoms with E-state index in [9.17, 15) is 5.11 Å². The molecule has 1 aliphatic heterocycles. The van der Waals surface area contributed by atoms with Gasteiger partial charge >= 0.3 is 0 Å². The first-order valence-electron chi connectivity index (χ1n) is 8.44. The van der Waals surface area contributed by atoms with Crippen molar-refractivity contribution < 1.29 is 9.84 Å². The molecule has 1 aliphatic carbocycles. The number of hydrogen-bond donors (Lipinski definition) is 0. The molecule has 2 fully saturated rings. The van der Waals surface area contributed by atoms with Crippen molar-refractivity contribution in [1.29, 1.82) is 0 Å². The van der Waals surface area contributed by atoms with Crippen LogP contribution in [-0.4, -0.2) is 35.2 Å². The van der Waals surface area contributed by atoms with E-state index in [0.717, 1.165) is 32.5 Å². The first kappa shape index (κ1) is 16.3. The van der Waals surface area contributed by atoms with Crippen LogP contribution < -0.4 is 5.11 Å². The van der Waals surface area contributed by atoms with Crippen LogP contribution in [0.25, 0.3) is 0 Å². The third-order valence-corrected chi connectivity index (χ3v) is 5.03. The fourth-order valence-corrected chi connectivity index (χ4v) is 3.70. The van der Waals surface area contributed by atoms with Crippen molar-refractivity contribution in [1.82, 2.24) is 4.90 Å². The summed E-state index contributed by atoms with van der Waals surface area (Å²) in [6.45, 7) is 10.5. The average Bonchev–Trinajstić information content (AvgIpc) is 3.13. The zero-order valence-corrected chi connectivity index (χ0v) is 14.6. The van der Waals surface area contributed by atoms with Crippen LogP contribution in [0.3, 0.4) is 0 Å². The van der Waals surface area contributed by atoms with Crippen LogP contribution in [-0.2, 0) is 11.3 Å². The van der Waals surface area contributed by atoms with Gasteiger partial charge in [-0.25, -0.2) is 0 Å². The Hall–Kier alpha value is -1.55. The van der Waals surface area contributed by atoms with Gasteiger partial charge in [0.25, 0.3) is 0 Å². The van der Waals surface area contributed by atoms with Crippen LogP contribution in [0, 0.1) is 5.41 Å². The molecule has 4 nitrogen and oxygen atoms in total. The normalized spacial score (nSPS) is 27.4. The highest BCUT2D eigenvalue weighted by Crippen LogP contribution is 2.60. The Kier molecular flexibility index (Phi) is 3.91. The summed E-state index contributed by atoms with van der Waals surface area (Å²) in [7, 11) is 0. The van der Waals surface area contributed by atoms with E-state index in [0.29, 0.717) is 0 Å². The minimum absolute atomic E-state index is 0.165. The Bertz CT molecular complexity index is 587. The summed E-state index contributed by atoms with van der Waals surface area (Å²) >= 11 is 0. The lowest BCUT2D eigenvalue weighted by atomic mass is 9.87. The van der Waals surface area contributed by atoms with Gasteiger partial charge in [-0.1, -0.05) is 51.1 Å². The zero-order chi connectivity index (χ0) is 16.7. The highest BCUT2D eigenvalue weighted by molar-refractivity contribution is 5.63. The van der Waals surface area contributed by atoms with Gasteiger partial charge in [-0.3, -0.25) is 9.89 Å². The molecule has 4 heteroatoms. The van der Waals surface area contributed by atoms with Gasteiger partial charge in [0.1, 0.15) is 6.08 Å². The lowest BCUT2D eigenvalue weighted by Gasteiger charge is -2.33. The molecule has 0 radical (unpaired) electrons. The number of nitrogens with zero attached hydrogens (tertiary/aromatic N) is 2. The van der Waals surface area contributed by atoms with Crippen molar-refractivity contribution in [3.63, 3.8) is 0 Å². The smallest absolute Gasteiger partial charge is 0.146 e. The fraction of sp³-hybridized carbons (Fsp3) is 0.632. The van der Waals surface area contributed by atoms with Gasteiger partial charge in [-0.2, -0.15) is 0 Å². The van der Waals surface area contributed by atoms with E-state index in [-0.39, 0.29) is 11.0 Å². The molecule has 1 unspecified atom stereocenters. The van der Waals surface area contributed by atoms with Gasteiger partial charge in [-0.15, -0.1) is 0 Å². The topological polar surface area (TPSA) is 47.9 Å². The van der Waals surface area contributed by atoms with E-state index in [2.05, 4.69) is 41.1 Å². The molecule has 1 saturated heterocycles. The Morgan fingerprint density at radius 1 is 1.22 bits per heavy atom. The molecule has 23 heavy (non-hydrogen) atoms. The Morgan fingerprint density at radius 3 is 2.43 bits per heavy atom. The lowest BCUT2D eigenvalue weighted by Crippen LogP contribution is -2.40. The number of benzene rings is 1. The largest absolute Gasteiger partial charge is 0.595 e. The quantitative estimate of drug-likeness (QED) is 0.636. The standard InChI is InChI=1S/C19H28N2O2/c1-17(2,3)23-16(22)20-18(4)13-21(14-19(18)10-11-19)12-15-8-6-5-7-9-15/h5-9H,10-14H2,1-4H3,(H,20,22)/p-1. The first-order valence-corrected chi connectivity index (χ1v) is 8.44. The van der Waals surface area contributed by atoms with Crippen LogP contribution in [0.5, 0.6) is 0 Å². The summed E-state index contributed by atoms with van der Waals surface area (Å²) in [5, 5.41) is 12.2. The third kappa shape index (κ3) is 3.52. The molecule has 0 amide bonds. The predicted octanol–water partition coefficient (Wildman–Crippen LogP) is 2.57. The average molecular weight is 315 g/mol. The van der Waals surface area contributed by atoms with Crippen molar-refractivity contribution in [2.45, 2.75) is 58.2 Å². The Labute approximate surface area is 139 Å². The molecule has 0 N–H and O–H groups in total. The molecule has 1 heterocycles. The third-order valence-electron chi connectivity index (χ3n) is 5.03. The van der Waals surface area contributed by atoms with E-state index in [1.807, 2.05) is 26.8 Å². The van der Waals surface area contributed by atoms with Gasteiger partial charge in [0, 0.05) is 30.7 Å². The number of aliphatic imine (C=N–C) groups is 1. The second-order valence-corrected chi connectivity index (χ2v) is 8.28. The first-order chi connectivity index (χ1) is 10.7. The molecule has 0 bridgehead atoms. The number of hydrogen-bond acceptors (Lipinski definition) is 4. The van der Waals surface area contributed by atoms with Gasteiger partial charge in [0.2, 0.25) is 0 Å². The van der Waals surface area contributed by atoms with E-state index < -0.39 is 11.7 Å². The summed E-state index contributed by atoms with van der Waals surface area (Å²) in [4.78, 5) is 6.92. The molecule has 1 spiro atoms. The summed E-state index contributed by atoms with van der Waals surface area (Å²) in [6, 6.07) is 10.5. The van der Waals surface area contributed by atoms with Crippen LogP contribution in [0.4, 0.5) is 0 Å². The fourth-order valence-electron chi connectivity index (χ4n) is 3.70. The van der Waals surface area contributed by atoms with Gasteiger partial charge in [-0.05, 0) is 25.3 Å². The number of likely N-dealkylation sites (tertiary alicyclic amines) is 1. The van der Waals surface area contributed by atoms with Gasteiger partial charge in [0.15, 0.2) is 0 Å². The predicted molar refractivity (Wildman–Crippen MR) is 90.1 cm³/mol. The highest BCUT2D eigenvalue weighted by atomic mass is 16.6. The summed E-state index contributed by atoms with van der Waals surface area (Å²) in [6.07, 6.45) is 1.88. The molecule has 0 aromatic heterocycles. The maximum atomic E-state index is 12.2. The minimum Gasteiger partial charge on any atom is -0.595 e. The molecular weight excluding hydrogens is 288 g/mol. The minimum atomic E-state index is -0.490. The van der Waals surface area contributed by atoms with Crippen LogP contribution in [0.2, 0.25) is 0 Å². The van der Waals surface area contributed by atoms with E-state index in [4.69, 9.17) is 4.74 Å². The molecule has 126 valence electrons. The summed E-state index contributed by atoms with van der Waals surface area (Å²) in [5.74, 6) is 0. The van der Waals surface area contributed by atoms with Gasteiger partial charge in [0.05, 0.1) is 5.54 Å². The second kappa shape index (κ2) is 5.52. The molecule has 1 atom stereocenters. The SMILES string of the molecule is CC(C)(C)OC([O-])=NC1(C)CN(Cc2ccccc2)CC12CC2. The van der Waals surface area contributed by atoms with Crippen LogP contribution >= 0.6 is 0 Å². The summed E-state index contributed by atoms with van der Waals surface area (Å²) in [5.41, 5.74) is 0.656. The second-order valence-electron chi connectivity index (χ2n) is 8.28. The summed E-state index contributed by atoms with van der Waals surface area (Å²) < 4.78 is 5.42. The van der Waals surface area contributed by atoms with Crippen molar-refractivity contribution in [2.75, 3.05) is 13.1 Å². The molecule has 1 aromatic carbocycles. The van der Waals surface area contributed by atoms with Gasteiger partial charge < -0.3 is 9.84 Å². The highest BCUT2D eigenvalue weighted by Gasteiger charge is 2.62. The molecular formula is C19H27N2O2-. The number of ether oxygens (including phenoxy) is 1. The molecule has 1 saturated carbocycles. The van der Waals surface area contributed by atoms with E-state index in [1.165, 1.54) is 5.56 Å². The van der Waals surface area contributed by atoms with Crippen LogP contribution in [0.1, 0.15) is 46.1 Å². The van der Waals surface area contributed by atoms with Crippen molar-refractivity contribution >= 4 is 6.08 Å². The van der Waals surface area contributed by atoms with Crippen molar-refractivity contribution in [3.8, 4) is 0 Å². The maximum absolute atomic E-state index is 12.2. The molecule has 3 rings (SSSR count). The van der Waals surface area contributed by atoms with Crippen molar-refractivity contribution in [2.24, 2.45) is 10.4 Å². The maximum Gasteiger partial charge on any atom is 0.146 e. The Balaban J connectivity index is 1.73. The molecule has 1 aromatic rings.